The standard InChI is InChI=1S/C28H33F3N4O3S/c1-21(36)34-11-13-35(14-12-34)27(37)8-6-22-5-7-26(25(19-22)28(29,30)31)39-24-4-2-3-23(20-24)32-9-10-33-15-17-38-18-16-33/h2-8,19-20,32H,9-18H2,1H3. The van der Waals surface area contributed by atoms with Gasteiger partial charge in [-0.05, 0) is 42.0 Å². The third-order valence-corrected chi connectivity index (χ3v) is 7.75. The van der Waals surface area contributed by atoms with E-state index in [1.165, 1.54) is 25.1 Å². The number of hydrogen-bond donors (Lipinski definition) is 1. The maximum atomic E-state index is 14.0. The summed E-state index contributed by atoms with van der Waals surface area (Å²) in [5.41, 5.74) is 0.396. The average Bonchev–Trinajstić information content (AvgIpc) is 2.92. The van der Waals surface area contributed by atoms with Gasteiger partial charge in [-0.15, -0.1) is 0 Å². The zero-order chi connectivity index (χ0) is 27.8. The van der Waals surface area contributed by atoms with Gasteiger partial charge in [-0.25, -0.2) is 0 Å². The predicted octanol–water partition coefficient (Wildman–Crippen LogP) is 4.30. The molecule has 2 amide bonds. The summed E-state index contributed by atoms with van der Waals surface area (Å²) < 4.78 is 47.3. The molecule has 2 fully saturated rings. The number of anilines is 1. The summed E-state index contributed by atoms with van der Waals surface area (Å²) in [6.45, 7) is 8.03. The Kier molecular flexibility index (Phi) is 9.93. The van der Waals surface area contributed by atoms with Gasteiger partial charge in [-0.2, -0.15) is 13.2 Å². The van der Waals surface area contributed by atoms with Crippen LogP contribution in [-0.4, -0.2) is 92.1 Å². The Morgan fingerprint density at radius 1 is 1.00 bits per heavy atom. The van der Waals surface area contributed by atoms with Crippen LogP contribution >= 0.6 is 11.8 Å². The zero-order valence-electron chi connectivity index (χ0n) is 21.9. The quantitative estimate of drug-likeness (QED) is 0.484. The molecule has 0 bridgehead atoms. The molecule has 2 saturated heterocycles. The number of carbonyl (C=O) groups is 2. The maximum Gasteiger partial charge on any atom is 0.417 e. The number of hydrogen-bond acceptors (Lipinski definition) is 6. The largest absolute Gasteiger partial charge is 0.417 e. The van der Waals surface area contributed by atoms with Gasteiger partial charge in [-0.3, -0.25) is 14.5 Å². The second kappa shape index (κ2) is 13.4. The number of morpholine rings is 1. The van der Waals surface area contributed by atoms with Crippen molar-refractivity contribution < 1.29 is 27.5 Å². The van der Waals surface area contributed by atoms with Crippen molar-refractivity contribution in [1.82, 2.24) is 14.7 Å². The zero-order valence-corrected chi connectivity index (χ0v) is 22.7. The Hall–Kier alpha value is -3.02. The van der Waals surface area contributed by atoms with Crippen LogP contribution < -0.4 is 5.32 Å². The van der Waals surface area contributed by atoms with Crippen molar-refractivity contribution in [1.29, 1.82) is 0 Å². The third-order valence-electron chi connectivity index (χ3n) is 6.69. The van der Waals surface area contributed by atoms with Crippen LogP contribution in [0.3, 0.4) is 0 Å². The monoisotopic (exact) mass is 562 g/mol. The number of benzene rings is 2. The fraction of sp³-hybridized carbons (Fsp3) is 0.429. The number of ether oxygens (including phenoxy) is 1. The van der Waals surface area contributed by atoms with Crippen molar-refractivity contribution in [3.8, 4) is 0 Å². The number of nitrogens with one attached hydrogen (secondary N) is 1. The van der Waals surface area contributed by atoms with Gasteiger partial charge in [0.1, 0.15) is 0 Å². The van der Waals surface area contributed by atoms with Gasteiger partial charge in [0.25, 0.3) is 0 Å². The number of nitrogens with zero attached hydrogens (tertiary/aromatic N) is 3. The molecule has 4 rings (SSSR count). The van der Waals surface area contributed by atoms with Crippen molar-refractivity contribution in [2.75, 3.05) is 70.9 Å². The molecule has 0 aromatic heterocycles. The number of carbonyl (C=O) groups excluding carboxylic acids is 2. The number of alkyl halides is 3. The van der Waals surface area contributed by atoms with E-state index in [-0.39, 0.29) is 16.7 Å². The lowest BCUT2D eigenvalue weighted by Gasteiger charge is -2.33. The molecule has 210 valence electrons. The van der Waals surface area contributed by atoms with Crippen molar-refractivity contribution >= 4 is 35.3 Å². The molecule has 11 heteroatoms. The van der Waals surface area contributed by atoms with E-state index in [0.29, 0.717) is 36.6 Å². The van der Waals surface area contributed by atoms with Gasteiger partial charge < -0.3 is 19.9 Å². The van der Waals surface area contributed by atoms with E-state index < -0.39 is 11.7 Å². The van der Waals surface area contributed by atoms with E-state index >= 15 is 0 Å². The highest BCUT2D eigenvalue weighted by molar-refractivity contribution is 7.99. The van der Waals surface area contributed by atoms with Crippen LogP contribution in [0, 0.1) is 0 Å². The second-order valence-corrected chi connectivity index (χ2v) is 10.5. The number of rotatable bonds is 8. The van der Waals surface area contributed by atoms with E-state index in [0.717, 1.165) is 62.9 Å². The molecule has 0 radical (unpaired) electrons. The predicted molar refractivity (Wildman–Crippen MR) is 146 cm³/mol. The molecule has 2 aliphatic rings. The molecule has 2 heterocycles. The number of amides is 2. The summed E-state index contributed by atoms with van der Waals surface area (Å²) in [5, 5.41) is 3.35. The minimum Gasteiger partial charge on any atom is -0.384 e. The minimum atomic E-state index is -4.55. The number of piperazine rings is 1. The van der Waals surface area contributed by atoms with Gasteiger partial charge in [0.2, 0.25) is 11.8 Å². The van der Waals surface area contributed by atoms with Gasteiger partial charge in [0.05, 0.1) is 18.8 Å². The number of halogens is 3. The van der Waals surface area contributed by atoms with E-state index in [9.17, 15) is 22.8 Å². The van der Waals surface area contributed by atoms with Gasteiger partial charge >= 0.3 is 6.18 Å². The van der Waals surface area contributed by atoms with Crippen molar-refractivity contribution in [3.05, 3.63) is 59.7 Å². The lowest BCUT2D eigenvalue weighted by atomic mass is 10.1. The summed E-state index contributed by atoms with van der Waals surface area (Å²) in [5.74, 6) is -0.329. The second-order valence-electron chi connectivity index (χ2n) is 9.43. The highest BCUT2D eigenvalue weighted by Crippen LogP contribution is 2.40. The summed E-state index contributed by atoms with van der Waals surface area (Å²) in [6, 6.07) is 11.5. The van der Waals surface area contributed by atoms with E-state index in [2.05, 4.69) is 10.2 Å². The fourth-order valence-electron chi connectivity index (χ4n) is 4.46. The average molecular weight is 563 g/mol. The lowest BCUT2D eigenvalue weighted by molar-refractivity contribution is -0.139. The van der Waals surface area contributed by atoms with E-state index in [4.69, 9.17) is 4.74 Å². The van der Waals surface area contributed by atoms with Crippen molar-refractivity contribution in [3.63, 3.8) is 0 Å². The molecular formula is C28H33F3N4O3S. The van der Waals surface area contributed by atoms with Crippen LogP contribution in [0.5, 0.6) is 0 Å². The molecule has 0 spiro atoms. The topological polar surface area (TPSA) is 65.1 Å². The molecule has 0 saturated carbocycles. The molecule has 0 unspecified atom stereocenters. The molecule has 7 nitrogen and oxygen atoms in total. The lowest BCUT2D eigenvalue weighted by Crippen LogP contribution is -2.49. The van der Waals surface area contributed by atoms with E-state index in [1.54, 1.807) is 21.9 Å². The van der Waals surface area contributed by atoms with Gasteiger partial charge in [0.15, 0.2) is 0 Å². The van der Waals surface area contributed by atoms with Crippen LogP contribution in [0.1, 0.15) is 18.1 Å². The summed E-state index contributed by atoms with van der Waals surface area (Å²) in [6.07, 6.45) is -1.85. The van der Waals surface area contributed by atoms with Gasteiger partial charge in [0, 0.05) is 80.8 Å². The molecule has 2 aromatic rings. The van der Waals surface area contributed by atoms with Crippen molar-refractivity contribution in [2.24, 2.45) is 0 Å². The minimum absolute atomic E-state index is 0.0398. The summed E-state index contributed by atoms with van der Waals surface area (Å²) in [4.78, 5) is 30.3. The van der Waals surface area contributed by atoms with Crippen LogP contribution in [0.15, 0.2) is 58.3 Å². The first-order chi connectivity index (χ1) is 18.7. The normalized spacial score (nSPS) is 17.0. The smallest absolute Gasteiger partial charge is 0.384 e. The first-order valence-corrected chi connectivity index (χ1v) is 13.8. The molecule has 0 aliphatic carbocycles. The molecule has 0 atom stereocenters. The molecule has 2 aliphatic heterocycles. The third kappa shape index (κ3) is 8.48. The molecular weight excluding hydrogens is 529 g/mol. The summed E-state index contributed by atoms with van der Waals surface area (Å²) >= 11 is 1.06. The molecule has 39 heavy (non-hydrogen) atoms. The first kappa shape index (κ1) is 29.0. The molecule has 1 N–H and O–H groups in total. The Bertz CT molecular complexity index is 1180. The SMILES string of the molecule is CC(=O)N1CCN(C(=O)C=Cc2ccc(Sc3cccc(NCCN4CCOCC4)c3)c(C(F)(F)F)c2)CC1. The van der Waals surface area contributed by atoms with Crippen LogP contribution in [0.25, 0.3) is 6.08 Å². The van der Waals surface area contributed by atoms with Crippen LogP contribution in [0.4, 0.5) is 18.9 Å². The highest BCUT2D eigenvalue weighted by Gasteiger charge is 2.34. The molecule has 2 aromatic carbocycles. The fourth-order valence-corrected chi connectivity index (χ4v) is 5.46. The van der Waals surface area contributed by atoms with Crippen LogP contribution in [0.2, 0.25) is 0 Å². The Morgan fingerprint density at radius 2 is 1.72 bits per heavy atom. The van der Waals surface area contributed by atoms with Crippen molar-refractivity contribution in [2.45, 2.75) is 22.9 Å². The highest BCUT2D eigenvalue weighted by atomic mass is 32.2. The Balaban J connectivity index is 1.39. The van der Waals surface area contributed by atoms with Gasteiger partial charge in [-0.1, -0.05) is 23.9 Å². The Morgan fingerprint density at radius 3 is 2.41 bits per heavy atom. The maximum absolute atomic E-state index is 14.0. The summed E-state index contributed by atoms with van der Waals surface area (Å²) in [7, 11) is 0. The van der Waals surface area contributed by atoms with Crippen LogP contribution in [-0.2, 0) is 20.5 Å². The van der Waals surface area contributed by atoms with E-state index in [1.807, 2.05) is 18.2 Å². The first-order valence-electron chi connectivity index (χ1n) is 12.9. The Labute approximate surface area is 231 Å².